The van der Waals surface area contributed by atoms with E-state index in [0.29, 0.717) is 25.2 Å². The van der Waals surface area contributed by atoms with Crippen molar-refractivity contribution in [3.63, 3.8) is 0 Å². The first-order valence-electron chi connectivity index (χ1n) is 9.95. The Balaban J connectivity index is 0.00000272. The van der Waals surface area contributed by atoms with Crippen LogP contribution in [0, 0.1) is 6.92 Å². The van der Waals surface area contributed by atoms with Gasteiger partial charge in [-0.15, -0.1) is 22.6 Å². The Morgan fingerprint density at radius 1 is 1.16 bits per heavy atom. The van der Waals surface area contributed by atoms with Gasteiger partial charge in [0.2, 0.25) is 0 Å². The second kappa shape index (κ2) is 10.1. The van der Waals surface area contributed by atoms with Crippen LogP contribution < -0.4 is 10.2 Å². The molecule has 0 atom stereocenters. The first-order valence-corrected chi connectivity index (χ1v) is 10.3. The van der Waals surface area contributed by atoms with Gasteiger partial charge >= 0.3 is 0 Å². The van der Waals surface area contributed by atoms with Crippen LogP contribution >= 0.6 is 24.0 Å². The second-order valence-corrected chi connectivity index (χ2v) is 7.98. The van der Waals surface area contributed by atoms with Gasteiger partial charge in [0.1, 0.15) is 0 Å². The largest absolute Gasteiger partial charge is 0.411 e. The Hall–Kier alpha value is -2.61. The van der Waals surface area contributed by atoms with Crippen molar-refractivity contribution in [1.29, 1.82) is 0 Å². The topological polar surface area (TPSA) is 93.9 Å². The number of nitrogens with zero attached hydrogens (tertiary/aromatic N) is 4. The summed E-state index contributed by atoms with van der Waals surface area (Å²) in [6.07, 6.45) is 2.56. The van der Waals surface area contributed by atoms with Gasteiger partial charge in [-0.3, -0.25) is 0 Å². The number of aliphatic hydroxyl groups is 1. The lowest BCUT2D eigenvalue weighted by Gasteiger charge is -2.31. The summed E-state index contributed by atoms with van der Waals surface area (Å²) in [5, 5.41) is 36.8. The highest BCUT2D eigenvalue weighted by molar-refractivity contribution is 6.31. The molecule has 1 aromatic heterocycles. The van der Waals surface area contributed by atoms with Crippen LogP contribution in [-0.2, 0) is 6.54 Å². The van der Waals surface area contributed by atoms with Gasteiger partial charge in [0, 0.05) is 35.4 Å². The molecule has 0 saturated carbocycles. The number of halogens is 2. The van der Waals surface area contributed by atoms with Crippen LogP contribution in [0.2, 0.25) is 5.02 Å². The van der Waals surface area contributed by atoms with Crippen LogP contribution in [0.1, 0.15) is 29.5 Å². The molecule has 0 aliphatic carbocycles. The molecule has 7 nitrogen and oxygen atoms in total. The molecule has 0 spiro atoms. The molecule has 164 valence electrons. The van der Waals surface area contributed by atoms with Crippen LogP contribution in [0.3, 0.4) is 0 Å². The summed E-state index contributed by atoms with van der Waals surface area (Å²) in [6.45, 7) is 4.00. The smallest absolute Gasteiger partial charge is 0.159 e. The Bertz CT molecular complexity index is 1080. The molecular weight excluding hydrogens is 437 g/mol. The van der Waals surface area contributed by atoms with E-state index >= 15 is 0 Å². The molecule has 2 heterocycles. The molecule has 0 amide bonds. The Kier molecular flexibility index (Phi) is 7.54. The number of fused-ring (bicyclic) bond motifs is 1. The Morgan fingerprint density at radius 2 is 1.94 bits per heavy atom. The molecule has 31 heavy (non-hydrogen) atoms. The molecule has 4 rings (SSSR count). The summed E-state index contributed by atoms with van der Waals surface area (Å²) in [5.74, 6) is 1.45. The normalized spacial score (nSPS) is 14.7. The van der Waals surface area contributed by atoms with E-state index in [9.17, 15) is 5.11 Å². The fraction of sp³-hybridized carbons (Fsp3) is 0.318. The van der Waals surface area contributed by atoms with Crippen molar-refractivity contribution in [2.75, 3.05) is 23.3 Å². The van der Waals surface area contributed by atoms with Crippen molar-refractivity contribution >= 4 is 52.6 Å². The van der Waals surface area contributed by atoms with Crippen molar-refractivity contribution < 1.29 is 10.3 Å². The van der Waals surface area contributed by atoms with Crippen molar-refractivity contribution in [3.05, 3.63) is 58.1 Å². The molecule has 0 unspecified atom stereocenters. The molecule has 3 N–H and O–H groups in total. The van der Waals surface area contributed by atoms with E-state index in [4.69, 9.17) is 16.8 Å². The Labute approximate surface area is 192 Å². The molecule has 0 radical (unpaired) electrons. The fourth-order valence-electron chi connectivity index (χ4n) is 3.68. The van der Waals surface area contributed by atoms with Gasteiger partial charge in [0.15, 0.2) is 11.6 Å². The number of hydrogen-bond donors (Lipinski definition) is 3. The van der Waals surface area contributed by atoms with E-state index < -0.39 is 0 Å². The van der Waals surface area contributed by atoms with Gasteiger partial charge in [-0.05, 0) is 54.7 Å². The summed E-state index contributed by atoms with van der Waals surface area (Å²) in [6, 6.07) is 11.7. The van der Waals surface area contributed by atoms with E-state index in [1.807, 2.05) is 43.3 Å². The van der Waals surface area contributed by atoms with Crippen molar-refractivity contribution in [3.8, 4) is 0 Å². The van der Waals surface area contributed by atoms with Crippen molar-refractivity contribution in [2.45, 2.75) is 32.4 Å². The zero-order chi connectivity index (χ0) is 21.1. The number of nitrogens with one attached hydrogen (secondary N) is 1. The number of piperidine rings is 1. The van der Waals surface area contributed by atoms with Gasteiger partial charge in [0.05, 0.1) is 12.3 Å². The maximum absolute atomic E-state index is 9.82. The molecular formula is C22H25Cl2N5O2. The zero-order valence-corrected chi connectivity index (χ0v) is 18.7. The minimum atomic E-state index is -0.255. The number of aryl methyl sites for hydroxylation is 1. The van der Waals surface area contributed by atoms with Crippen molar-refractivity contribution in [2.24, 2.45) is 5.16 Å². The molecule has 1 aliphatic heterocycles. The summed E-state index contributed by atoms with van der Waals surface area (Å²) >= 11 is 6.25. The number of anilines is 2. The summed E-state index contributed by atoms with van der Waals surface area (Å²) in [5.41, 5.74) is 2.84. The predicted octanol–water partition coefficient (Wildman–Crippen LogP) is 4.39. The van der Waals surface area contributed by atoms with Gasteiger partial charge in [-0.25, -0.2) is 0 Å². The van der Waals surface area contributed by atoms with Crippen molar-refractivity contribution in [1.82, 2.24) is 10.2 Å². The lowest BCUT2D eigenvalue weighted by molar-refractivity contribution is 0.145. The molecule has 1 aliphatic rings. The standard InChI is InChI=1S/C22H24ClN5O2.ClH/c1-14-2-3-16(11-20(14)23)12-24-21-19-10-15(13-25-30)4-5-18(19)22(27-26-21)28-8-6-17(29)7-9-28;/h2-5,10-11,13,17,29-30H,6-9,12H2,1H3,(H,24,26);1H/b25-13+;. The third kappa shape index (κ3) is 5.18. The van der Waals surface area contributed by atoms with Gasteiger partial charge in [-0.1, -0.05) is 35.0 Å². The quantitative estimate of drug-likeness (QED) is 0.296. The Morgan fingerprint density at radius 3 is 2.65 bits per heavy atom. The molecule has 1 fully saturated rings. The van der Waals surface area contributed by atoms with E-state index in [-0.39, 0.29) is 18.5 Å². The lowest BCUT2D eigenvalue weighted by Crippen LogP contribution is -2.36. The number of aliphatic hydroxyl groups excluding tert-OH is 1. The van der Waals surface area contributed by atoms with Crippen LogP contribution in [0.15, 0.2) is 41.6 Å². The monoisotopic (exact) mass is 461 g/mol. The zero-order valence-electron chi connectivity index (χ0n) is 17.1. The van der Waals surface area contributed by atoms with Crippen LogP contribution in [-0.4, -0.2) is 45.9 Å². The highest BCUT2D eigenvalue weighted by Crippen LogP contribution is 2.31. The van der Waals surface area contributed by atoms with E-state index in [1.165, 1.54) is 6.21 Å². The van der Waals surface area contributed by atoms with Crippen LogP contribution in [0.25, 0.3) is 10.8 Å². The number of hydrogen-bond acceptors (Lipinski definition) is 7. The average molecular weight is 462 g/mol. The van der Waals surface area contributed by atoms with E-state index in [2.05, 4.69) is 25.6 Å². The van der Waals surface area contributed by atoms with Crippen LogP contribution in [0.5, 0.6) is 0 Å². The minimum absolute atomic E-state index is 0. The van der Waals surface area contributed by atoms with Gasteiger partial charge in [0.25, 0.3) is 0 Å². The maximum atomic E-state index is 9.82. The van der Waals surface area contributed by atoms with E-state index in [1.54, 1.807) is 0 Å². The number of oxime groups is 1. The van der Waals surface area contributed by atoms with Gasteiger partial charge < -0.3 is 20.5 Å². The van der Waals surface area contributed by atoms with Gasteiger partial charge in [-0.2, -0.15) is 0 Å². The highest BCUT2D eigenvalue weighted by atomic mass is 35.5. The lowest BCUT2D eigenvalue weighted by atomic mass is 10.1. The average Bonchev–Trinajstić information content (AvgIpc) is 2.75. The summed E-state index contributed by atoms with van der Waals surface area (Å²) < 4.78 is 0. The summed E-state index contributed by atoms with van der Waals surface area (Å²) in [4.78, 5) is 2.16. The number of rotatable bonds is 5. The number of aromatic nitrogens is 2. The first-order chi connectivity index (χ1) is 14.5. The maximum Gasteiger partial charge on any atom is 0.159 e. The molecule has 3 aromatic rings. The second-order valence-electron chi connectivity index (χ2n) is 7.58. The number of benzene rings is 2. The van der Waals surface area contributed by atoms with Crippen LogP contribution in [0.4, 0.5) is 11.6 Å². The first kappa shape index (κ1) is 23.1. The fourth-order valence-corrected chi connectivity index (χ4v) is 3.88. The molecule has 0 bridgehead atoms. The summed E-state index contributed by atoms with van der Waals surface area (Å²) in [7, 11) is 0. The minimum Gasteiger partial charge on any atom is -0.411 e. The SMILES string of the molecule is Cc1ccc(CNc2nnc(N3CCC(O)CC3)c3ccc(/C=N/O)cc23)cc1Cl.Cl. The highest BCUT2D eigenvalue weighted by Gasteiger charge is 2.21. The van der Waals surface area contributed by atoms with E-state index in [0.717, 1.165) is 51.4 Å². The third-order valence-corrected chi connectivity index (χ3v) is 5.86. The third-order valence-electron chi connectivity index (χ3n) is 5.45. The molecule has 9 heteroatoms. The molecule has 1 saturated heterocycles. The predicted molar refractivity (Wildman–Crippen MR) is 127 cm³/mol. The molecule has 2 aromatic carbocycles.